The van der Waals surface area contributed by atoms with E-state index < -0.39 is 11.7 Å². The van der Waals surface area contributed by atoms with Crippen LogP contribution >= 0.6 is 11.6 Å². The molecule has 0 bridgehead atoms. The summed E-state index contributed by atoms with van der Waals surface area (Å²) in [7, 11) is 2.05. The van der Waals surface area contributed by atoms with E-state index in [0.717, 1.165) is 29.1 Å². The summed E-state index contributed by atoms with van der Waals surface area (Å²) >= 11 is 6.12. The first-order valence-electron chi connectivity index (χ1n) is 11.0. The van der Waals surface area contributed by atoms with Crippen LogP contribution in [0.1, 0.15) is 40.9 Å². The average Bonchev–Trinajstić information content (AvgIpc) is 2.79. The Morgan fingerprint density at radius 2 is 2.11 bits per heavy atom. The van der Waals surface area contributed by atoms with Crippen molar-refractivity contribution in [2.75, 3.05) is 30.5 Å². The van der Waals surface area contributed by atoms with Crippen molar-refractivity contribution in [1.82, 2.24) is 14.9 Å². The Morgan fingerprint density at radius 3 is 2.86 bits per heavy atom. The molecule has 10 heteroatoms. The molecule has 2 aliphatic heterocycles. The fourth-order valence-corrected chi connectivity index (χ4v) is 5.21. The van der Waals surface area contributed by atoms with Crippen molar-refractivity contribution in [1.29, 1.82) is 5.26 Å². The number of para-hydroxylation sites is 1. The van der Waals surface area contributed by atoms with Gasteiger partial charge in [0.05, 0.1) is 16.7 Å². The van der Waals surface area contributed by atoms with Crippen LogP contribution in [0.2, 0.25) is 5.02 Å². The van der Waals surface area contributed by atoms with Gasteiger partial charge >= 0.3 is 0 Å². The van der Waals surface area contributed by atoms with E-state index in [1.165, 1.54) is 24.4 Å². The molecule has 0 radical (unpaired) electrons. The van der Waals surface area contributed by atoms with Crippen LogP contribution in [0.3, 0.4) is 0 Å². The molecule has 35 heavy (non-hydrogen) atoms. The van der Waals surface area contributed by atoms with Gasteiger partial charge in [0.1, 0.15) is 17.1 Å². The number of amides is 1. The number of halogens is 2. The largest absolute Gasteiger partial charge is 0.455 e. The molecule has 0 saturated heterocycles. The van der Waals surface area contributed by atoms with Crippen LogP contribution < -0.4 is 15.0 Å². The monoisotopic (exact) mass is 492 g/mol. The van der Waals surface area contributed by atoms with Crippen molar-refractivity contribution in [3.8, 4) is 11.9 Å². The lowest BCUT2D eigenvalue weighted by atomic mass is 9.76. The molecule has 3 heterocycles. The molecule has 0 saturated carbocycles. The van der Waals surface area contributed by atoms with Crippen molar-refractivity contribution in [2.24, 2.45) is 0 Å². The molecule has 2 aliphatic rings. The zero-order valence-electron chi connectivity index (χ0n) is 19.4. The number of anilines is 3. The van der Waals surface area contributed by atoms with Crippen LogP contribution in [0, 0.1) is 17.1 Å². The molecule has 178 valence electrons. The zero-order chi connectivity index (χ0) is 24.9. The van der Waals surface area contributed by atoms with Gasteiger partial charge in [-0.05, 0) is 42.4 Å². The normalized spacial score (nSPS) is 16.7. The summed E-state index contributed by atoms with van der Waals surface area (Å²) in [6.45, 7) is 5.60. The highest BCUT2D eigenvalue weighted by molar-refractivity contribution is 6.34. The first kappa shape index (κ1) is 23.0. The number of nitrogens with one attached hydrogen (secondary N) is 1. The van der Waals surface area contributed by atoms with Crippen LogP contribution in [0.15, 0.2) is 36.5 Å². The number of aromatic nitrogens is 2. The SMILES string of the molecule is CN1Cc2cc(Nc3ncc4c(n3)OCN(c3c(F)cccc3Cl)C4=O)cc(C#N)c2C(C)(C)C1. The number of carbonyl (C=O) groups excluding carboxylic acids is 1. The quantitative estimate of drug-likeness (QED) is 0.570. The third-order valence-electron chi connectivity index (χ3n) is 6.15. The van der Waals surface area contributed by atoms with E-state index >= 15 is 0 Å². The number of nitrogens with zero attached hydrogens (tertiary/aromatic N) is 5. The number of carbonyl (C=O) groups is 1. The number of hydrogen-bond donors (Lipinski definition) is 1. The molecule has 5 rings (SSSR count). The Morgan fingerprint density at radius 1 is 1.31 bits per heavy atom. The highest BCUT2D eigenvalue weighted by atomic mass is 35.5. The molecule has 8 nitrogen and oxygen atoms in total. The van der Waals surface area contributed by atoms with E-state index in [1.54, 1.807) is 6.07 Å². The lowest BCUT2D eigenvalue weighted by molar-refractivity contribution is 0.0931. The lowest BCUT2D eigenvalue weighted by Gasteiger charge is -2.39. The number of ether oxygens (including phenoxy) is 1. The second-order valence-electron chi connectivity index (χ2n) is 9.34. The number of nitriles is 1. The minimum absolute atomic E-state index is 0.0574. The summed E-state index contributed by atoms with van der Waals surface area (Å²) in [6, 6.07) is 10.3. The molecule has 1 N–H and O–H groups in total. The van der Waals surface area contributed by atoms with Crippen molar-refractivity contribution in [3.63, 3.8) is 0 Å². The van der Waals surface area contributed by atoms with Gasteiger partial charge in [0, 0.05) is 30.4 Å². The highest BCUT2D eigenvalue weighted by Gasteiger charge is 2.34. The van der Waals surface area contributed by atoms with Gasteiger partial charge in [0.15, 0.2) is 6.73 Å². The molecule has 1 amide bonds. The molecule has 0 aliphatic carbocycles. The third kappa shape index (κ3) is 4.05. The van der Waals surface area contributed by atoms with Crippen LogP contribution in [-0.4, -0.2) is 41.1 Å². The van der Waals surface area contributed by atoms with E-state index in [9.17, 15) is 14.4 Å². The van der Waals surface area contributed by atoms with E-state index in [4.69, 9.17) is 16.3 Å². The van der Waals surface area contributed by atoms with Gasteiger partial charge < -0.3 is 15.0 Å². The van der Waals surface area contributed by atoms with E-state index in [1.807, 2.05) is 6.07 Å². The molecule has 0 fully saturated rings. The Balaban J connectivity index is 1.44. The minimum atomic E-state index is -0.633. The minimum Gasteiger partial charge on any atom is -0.455 e. The second-order valence-corrected chi connectivity index (χ2v) is 9.75. The molecular weight excluding hydrogens is 471 g/mol. The van der Waals surface area contributed by atoms with Gasteiger partial charge in [-0.1, -0.05) is 31.5 Å². The van der Waals surface area contributed by atoms with Crippen molar-refractivity contribution < 1.29 is 13.9 Å². The first-order valence-corrected chi connectivity index (χ1v) is 11.3. The third-order valence-corrected chi connectivity index (χ3v) is 6.45. The number of likely N-dealkylation sites (N-methyl/N-ethyl adjacent to an activating group) is 1. The van der Waals surface area contributed by atoms with E-state index in [2.05, 4.69) is 47.1 Å². The Hall–Kier alpha value is -3.74. The molecule has 2 aromatic carbocycles. The van der Waals surface area contributed by atoms with Gasteiger partial charge in [-0.15, -0.1) is 0 Å². The molecule has 3 aromatic rings. The topological polar surface area (TPSA) is 94.4 Å². The second kappa shape index (κ2) is 8.48. The lowest BCUT2D eigenvalue weighted by Crippen LogP contribution is -2.40. The maximum absolute atomic E-state index is 14.3. The standard InChI is InChI=1S/C25H22ClFN6O2/c1-25(2)12-32(3)11-15-8-16(7-14(9-28)20(15)25)30-24-29-10-17-22(31-24)35-13-33(23(17)34)21-18(26)5-4-6-19(21)27/h4-8,10H,11-13H2,1-3H3,(H,29,30,31). The number of hydrogen-bond acceptors (Lipinski definition) is 7. The van der Waals surface area contributed by atoms with Gasteiger partial charge in [0.25, 0.3) is 5.91 Å². The molecule has 1 aromatic heterocycles. The van der Waals surface area contributed by atoms with Gasteiger partial charge in [0.2, 0.25) is 11.8 Å². The van der Waals surface area contributed by atoms with E-state index in [-0.39, 0.29) is 40.2 Å². The van der Waals surface area contributed by atoms with Gasteiger partial charge in [-0.3, -0.25) is 9.69 Å². The van der Waals surface area contributed by atoms with Crippen molar-refractivity contribution in [2.45, 2.75) is 25.8 Å². The predicted molar refractivity (Wildman–Crippen MR) is 130 cm³/mol. The van der Waals surface area contributed by atoms with Crippen molar-refractivity contribution in [3.05, 3.63) is 69.6 Å². The number of fused-ring (bicyclic) bond motifs is 2. The predicted octanol–water partition coefficient (Wildman–Crippen LogP) is 4.60. The van der Waals surface area contributed by atoms with Crippen LogP contribution in [-0.2, 0) is 12.0 Å². The summed E-state index contributed by atoms with van der Waals surface area (Å²) in [5.41, 5.74) is 3.25. The van der Waals surface area contributed by atoms with Crippen LogP contribution in [0.5, 0.6) is 5.88 Å². The molecular formula is C25H22ClFN6O2. The van der Waals surface area contributed by atoms with Crippen molar-refractivity contribution >= 4 is 34.8 Å². The maximum atomic E-state index is 14.3. The highest BCUT2D eigenvalue weighted by Crippen LogP contribution is 2.38. The van der Waals surface area contributed by atoms with Crippen LogP contribution in [0.25, 0.3) is 0 Å². The summed E-state index contributed by atoms with van der Waals surface area (Å²) < 4.78 is 20.0. The zero-order valence-corrected chi connectivity index (χ0v) is 20.1. The summed E-state index contributed by atoms with van der Waals surface area (Å²) in [5, 5.41) is 13.0. The maximum Gasteiger partial charge on any atom is 0.268 e. The fourth-order valence-electron chi connectivity index (χ4n) is 4.94. The number of rotatable bonds is 3. The molecule has 0 atom stereocenters. The Labute approximate surface area is 206 Å². The Bertz CT molecular complexity index is 1380. The Kier molecular flexibility index (Phi) is 5.58. The first-order chi connectivity index (χ1) is 16.7. The smallest absolute Gasteiger partial charge is 0.268 e. The summed E-state index contributed by atoms with van der Waals surface area (Å²) in [4.78, 5) is 24.9. The number of benzene rings is 2. The summed E-state index contributed by atoms with van der Waals surface area (Å²) in [5.74, 6) is -0.862. The molecule has 0 spiro atoms. The molecule has 0 unspecified atom stereocenters. The van der Waals surface area contributed by atoms with Crippen LogP contribution in [0.4, 0.5) is 21.7 Å². The van der Waals surface area contributed by atoms with E-state index in [0.29, 0.717) is 11.3 Å². The van der Waals surface area contributed by atoms with Gasteiger partial charge in [-0.2, -0.15) is 10.2 Å². The fraction of sp³-hybridized carbons (Fsp3) is 0.280. The van der Waals surface area contributed by atoms with Gasteiger partial charge in [-0.25, -0.2) is 9.37 Å². The summed E-state index contributed by atoms with van der Waals surface area (Å²) in [6.07, 6.45) is 1.33. The average molecular weight is 493 g/mol.